The molecule has 6 nitrogen and oxygen atoms in total. The first-order valence-electron chi connectivity index (χ1n) is 9.36. The summed E-state index contributed by atoms with van der Waals surface area (Å²) in [5, 5.41) is 5.53. The van der Waals surface area contributed by atoms with E-state index in [1.807, 2.05) is 0 Å². The van der Waals surface area contributed by atoms with Crippen LogP contribution in [0.15, 0.2) is 18.2 Å². The van der Waals surface area contributed by atoms with E-state index in [0.29, 0.717) is 37.0 Å². The van der Waals surface area contributed by atoms with Crippen LogP contribution in [0.2, 0.25) is 0 Å². The van der Waals surface area contributed by atoms with Crippen molar-refractivity contribution in [3.8, 4) is 0 Å². The van der Waals surface area contributed by atoms with Gasteiger partial charge in [0.15, 0.2) is 0 Å². The first-order chi connectivity index (χ1) is 12.5. The zero-order valence-corrected chi connectivity index (χ0v) is 15.1. The van der Waals surface area contributed by atoms with Crippen LogP contribution in [0.4, 0.5) is 4.39 Å². The van der Waals surface area contributed by atoms with E-state index in [9.17, 15) is 14.0 Å². The molecule has 0 bridgehead atoms. The topological polar surface area (TPSA) is 82.3 Å². The number of rotatable bonds is 6. The molecule has 0 spiro atoms. The van der Waals surface area contributed by atoms with Gasteiger partial charge >= 0.3 is 0 Å². The SMILES string of the molecule is Cc1ccc(C(=O)NCCNC(=O)CC2NNC3CCCCC32)cc1F. The lowest BCUT2D eigenvalue weighted by molar-refractivity contribution is -0.121. The van der Waals surface area contributed by atoms with E-state index in [0.717, 1.165) is 6.42 Å². The number of hydrazine groups is 1. The van der Waals surface area contributed by atoms with E-state index in [-0.39, 0.29) is 23.4 Å². The molecular weight excluding hydrogens is 335 g/mol. The number of halogens is 1. The van der Waals surface area contributed by atoms with Crippen LogP contribution in [-0.2, 0) is 4.79 Å². The summed E-state index contributed by atoms with van der Waals surface area (Å²) < 4.78 is 13.5. The first kappa shape index (κ1) is 18.8. The molecule has 3 atom stereocenters. The average molecular weight is 362 g/mol. The van der Waals surface area contributed by atoms with Crippen molar-refractivity contribution in [2.45, 2.75) is 51.1 Å². The van der Waals surface area contributed by atoms with Gasteiger partial charge in [0.05, 0.1) is 0 Å². The average Bonchev–Trinajstić information content (AvgIpc) is 3.04. The largest absolute Gasteiger partial charge is 0.354 e. The lowest BCUT2D eigenvalue weighted by atomic mass is 9.81. The second-order valence-corrected chi connectivity index (χ2v) is 7.22. The zero-order valence-electron chi connectivity index (χ0n) is 15.1. The van der Waals surface area contributed by atoms with Crippen LogP contribution in [0, 0.1) is 18.7 Å². The molecule has 2 amide bonds. The summed E-state index contributed by atoms with van der Waals surface area (Å²) in [6, 6.07) is 5.04. The zero-order chi connectivity index (χ0) is 18.5. The van der Waals surface area contributed by atoms with Crippen LogP contribution in [0.25, 0.3) is 0 Å². The highest BCUT2D eigenvalue weighted by molar-refractivity contribution is 5.94. The number of carbonyl (C=O) groups is 2. The van der Waals surface area contributed by atoms with Crippen LogP contribution in [0.5, 0.6) is 0 Å². The minimum absolute atomic E-state index is 0.0221. The number of hydrogen-bond donors (Lipinski definition) is 4. The van der Waals surface area contributed by atoms with Crippen LogP contribution in [-0.4, -0.2) is 37.0 Å². The van der Waals surface area contributed by atoms with Gasteiger partial charge in [0.25, 0.3) is 5.91 Å². The highest BCUT2D eigenvalue weighted by Gasteiger charge is 2.37. The fourth-order valence-corrected chi connectivity index (χ4v) is 3.83. The molecule has 1 aliphatic carbocycles. The molecule has 4 N–H and O–H groups in total. The van der Waals surface area contributed by atoms with Crippen molar-refractivity contribution < 1.29 is 14.0 Å². The summed E-state index contributed by atoms with van der Waals surface area (Å²) in [6.45, 7) is 2.31. The van der Waals surface area contributed by atoms with Gasteiger partial charge in [-0.3, -0.25) is 20.4 Å². The van der Waals surface area contributed by atoms with Gasteiger partial charge in [0.1, 0.15) is 5.82 Å². The van der Waals surface area contributed by atoms with Gasteiger partial charge in [-0.15, -0.1) is 0 Å². The minimum atomic E-state index is -0.398. The lowest BCUT2D eigenvalue weighted by Crippen LogP contribution is -2.39. The number of benzene rings is 1. The molecule has 1 aromatic rings. The van der Waals surface area contributed by atoms with E-state index in [2.05, 4.69) is 21.5 Å². The normalized spacial score (nSPS) is 24.8. The molecule has 2 aliphatic rings. The van der Waals surface area contributed by atoms with Crippen molar-refractivity contribution in [1.29, 1.82) is 0 Å². The molecule has 1 saturated heterocycles. The maximum absolute atomic E-state index is 13.5. The second kappa shape index (κ2) is 8.60. The summed E-state index contributed by atoms with van der Waals surface area (Å²) >= 11 is 0. The smallest absolute Gasteiger partial charge is 0.251 e. The summed E-state index contributed by atoms with van der Waals surface area (Å²) in [5.41, 5.74) is 7.34. The molecule has 2 fully saturated rings. The maximum Gasteiger partial charge on any atom is 0.251 e. The Balaban J connectivity index is 1.36. The van der Waals surface area contributed by atoms with E-state index < -0.39 is 5.82 Å². The molecule has 1 saturated carbocycles. The third-order valence-corrected chi connectivity index (χ3v) is 5.36. The number of fused-ring (bicyclic) bond motifs is 1. The maximum atomic E-state index is 13.5. The molecule has 3 unspecified atom stereocenters. The Kier molecular flexibility index (Phi) is 6.21. The van der Waals surface area contributed by atoms with E-state index in [4.69, 9.17) is 0 Å². The fourth-order valence-electron chi connectivity index (χ4n) is 3.83. The van der Waals surface area contributed by atoms with E-state index >= 15 is 0 Å². The van der Waals surface area contributed by atoms with Crippen LogP contribution in [0.1, 0.15) is 48.0 Å². The second-order valence-electron chi connectivity index (χ2n) is 7.22. The van der Waals surface area contributed by atoms with Crippen LogP contribution < -0.4 is 21.5 Å². The van der Waals surface area contributed by atoms with Crippen molar-refractivity contribution in [3.63, 3.8) is 0 Å². The Bertz CT molecular complexity index is 667. The molecule has 1 heterocycles. The molecule has 142 valence electrons. The molecule has 1 aromatic carbocycles. The van der Waals surface area contributed by atoms with Crippen LogP contribution in [0.3, 0.4) is 0 Å². The van der Waals surface area contributed by atoms with Crippen molar-refractivity contribution >= 4 is 11.8 Å². The number of amides is 2. The minimum Gasteiger partial charge on any atom is -0.354 e. The number of aryl methyl sites for hydroxylation is 1. The third kappa shape index (κ3) is 4.59. The predicted molar refractivity (Wildman–Crippen MR) is 96.9 cm³/mol. The summed E-state index contributed by atoms with van der Waals surface area (Å²) in [6.07, 6.45) is 5.24. The molecule has 1 aliphatic heterocycles. The Morgan fingerprint density at radius 3 is 2.73 bits per heavy atom. The first-order valence-corrected chi connectivity index (χ1v) is 9.36. The number of hydrogen-bond acceptors (Lipinski definition) is 4. The summed E-state index contributed by atoms with van der Waals surface area (Å²) in [7, 11) is 0. The summed E-state index contributed by atoms with van der Waals surface area (Å²) in [4.78, 5) is 24.1. The van der Waals surface area contributed by atoms with E-state index in [1.165, 1.54) is 25.3 Å². The third-order valence-electron chi connectivity index (χ3n) is 5.36. The lowest BCUT2D eigenvalue weighted by Gasteiger charge is -2.26. The molecule has 26 heavy (non-hydrogen) atoms. The molecular formula is C19H27FN4O2. The highest BCUT2D eigenvalue weighted by atomic mass is 19.1. The van der Waals surface area contributed by atoms with Crippen molar-refractivity contribution in [3.05, 3.63) is 35.1 Å². The number of nitrogens with one attached hydrogen (secondary N) is 4. The van der Waals surface area contributed by atoms with Gasteiger partial charge in [0.2, 0.25) is 5.91 Å². The molecule has 7 heteroatoms. The standard InChI is InChI=1S/C19H27FN4O2/c1-12-6-7-13(10-15(12)20)19(26)22-9-8-21-18(25)11-17-14-4-2-3-5-16(14)23-24-17/h6-7,10,14,16-17,23-24H,2-5,8-9,11H2,1H3,(H,21,25)(H,22,26). The molecule has 0 aromatic heterocycles. The Morgan fingerprint density at radius 2 is 1.92 bits per heavy atom. The number of carbonyl (C=O) groups excluding carboxylic acids is 2. The van der Waals surface area contributed by atoms with Crippen LogP contribution >= 0.6 is 0 Å². The van der Waals surface area contributed by atoms with Crippen molar-refractivity contribution in [2.24, 2.45) is 5.92 Å². The van der Waals surface area contributed by atoms with Gasteiger partial charge in [-0.25, -0.2) is 4.39 Å². The predicted octanol–water partition coefficient (Wildman–Crippen LogP) is 1.41. The van der Waals surface area contributed by atoms with Gasteiger partial charge in [-0.1, -0.05) is 18.9 Å². The van der Waals surface area contributed by atoms with E-state index in [1.54, 1.807) is 19.1 Å². The van der Waals surface area contributed by atoms with Gasteiger partial charge in [-0.2, -0.15) is 0 Å². The highest BCUT2D eigenvalue weighted by Crippen LogP contribution is 2.31. The van der Waals surface area contributed by atoms with Gasteiger partial charge in [-0.05, 0) is 43.4 Å². The van der Waals surface area contributed by atoms with Crippen molar-refractivity contribution in [1.82, 2.24) is 21.5 Å². The van der Waals surface area contributed by atoms with Gasteiger partial charge in [0, 0.05) is 37.2 Å². The Hall–Kier alpha value is -1.99. The molecule has 0 radical (unpaired) electrons. The van der Waals surface area contributed by atoms with Gasteiger partial charge < -0.3 is 10.6 Å². The molecule has 3 rings (SSSR count). The Morgan fingerprint density at radius 1 is 1.15 bits per heavy atom. The summed E-state index contributed by atoms with van der Waals surface area (Å²) in [5.74, 6) is -0.244. The van der Waals surface area contributed by atoms with Crippen molar-refractivity contribution in [2.75, 3.05) is 13.1 Å². The quantitative estimate of drug-likeness (QED) is 0.577. The Labute approximate surface area is 153 Å². The monoisotopic (exact) mass is 362 g/mol. The fraction of sp³-hybridized carbons (Fsp3) is 0.579.